The van der Waals surface area contributed by atoms with Crippen LogP contribution in [0.5, 0.6) is 0 Å². The number of carbonyl (C=O) groups is 1. The van der Waals surface area contributed by atoms with Crippen molar-refractivity contribution in [3.05, 3.63) is 45.5 Å². The SMILES string of the molecule is CCOC(=O)CC1OC(C[N+](=O)[O-])c2ccccc21. The average Bonchev–Trinajstić information content (AvgIpc) is 2.68. The van der Waals surface area contributed by atoms with Gasteiger partial charge in [-0.1, -0.05) is 24.3 Å². The van der Waals surface area contributed by atoms with Crippen LogP contribution in [-0.2, 0) is 14.3 Å². The molecule has 1 aromatic rings. The lowest BCUT2D eigenvalue weighted by molar-refractivity contribution is -0.492. The summed E-state index contributed by atoms with van der Waals surface area (Å²) >= 11 is 0. The van der Waals surface area contributed by atoms with Crippen LogP contribution in [0.25, 0.3) is 0 Å². The summed E-state index contributed by atoms with van der Waals surface area (Å²) in [6.07, 6.45) is -0.968. The Balaban J connectivity index is 2.15. The highest BCUT2D eigenvalue weighted by molar-refractivity contribution is 5.70. The van der Waals surface area contributed by atoms with Gasteiger partial charge in [0.1, 0.15) is 6.10 Å². The first-order valence-electron chi connectivity index (χ1n) is 6.13. The van der Waals surface area contributed by atoms with Crippen molar-refractivity contribution < 1.29 is 19.2 Å². The van der Waals surface area contributed by atoms with E-state index >= 15 is 0 Å². The number of hydrogen-bond donors (Lipinski definition) is 0. The highest BCUT2D eigenvalue weighted by Crippen LogP contribution is 2.40. The number of nitro groups is 1. The molecule has 0 saturated carbocycles. The van der Waals surface area contributed by atoms with Crippen LogP contribution in [0.4, 0.5) is 0 Å². The van der Waals surface area contributed by atoms with E-state index in [4.69, 9.17) is 9.47 Å². The van der Waals surface area contributed by atoms with Crippen molar-refractivity contribution in [1.82, 2.24) is 0 Å². The van der Waals surface area contributed by atoms with Crippen LogP contribution in [-0.4, -0.2) is 24.0 Å². The third-order valence-corrected chi connectivity index (χ3v) is 2.99. The lowest BCUT2D eigenvalue weighted by Crippen LogP contribution is -2.13. The molecule has 2 unspecified atom stereocenters. The third-order valence-electron chi connectivity index (χ3n) is 2.99. The minimum absolute atomic E-state index is 0.0824. The molecule has 1 aliphatic heterocycles. The predicted molar refractivity (Wildman–Crippen MR) is 66.1 cm³/mol. The van der Waals surface area contributed by atoms with Crippen LogP contribution < -0.4 is 0 Å². The van der Waals surface area contributed by atoms with Crippen molar-refractivity contribution in [2.45, 2.75) is 25.6 Å². The summed E-state index contributed by atoms with van der Waals surface area (Å²) < 4.78 is 10.5. The lowest BCUT2D eigenvalue weighted by Gasteiger charge is -2.11. The van der Waals surface area contributed by atoms with Gasteiger partial charge in [-0.25, -0.2) is 0 Å². The first-order chi connectivity index (χ1) is 9.11. The molecule has 19 heavy (non-hydrogen) atoms. The van der Waals surface area contributed by atoms with Gasteiger partial charge in [-0.3, -0.25) is 14.9 Å². The number of rotatable bonds is 5. The monoisotopic (exact) mass is 265 g/mol. The number of fused-ring (bicyclic) bond motifs is 1. The van der Waals surface area contributed by atoms with Crippen LogP contribution in [0, 0.1) is 10.1 Å². The van der Waals surface area contributed by atoms with Crippen LogP contribution in [0.2, 0.25) is 0 Å². The molecule has 0 aromatic heterocycles. The van der Waals surface area contributed by atoms with E-state index in [1.54, 1.807) is 13.0 Å². The molecule has 0 amide bonds. The van der Waals surface area contributed by atoms with Gasteiger partial charge in [0.25, 0.3) is 0 Å². The molecule has 2 rings (SSSR count). The van der Waals surface area contributed by atoms with E-state index in [9.17, 15) is 14.9 Å². The standard InChI is InChI=1S/C13H15NO5/c1-2-18-13(15)7-11-9-5-3-4-6-10(9)12(19-11)8-14(16)17/h3-6,11-12H,2,7-8H2,1H3. The molecule has 0 N–H and O–H groups in total. The zero-order valence-electron chi connectivity index (χ0n) is 10.6. The molecule has 102 valence electrons. The van der Waals surface area contributed by atoms with E-state index < -0.39 is 17.1 Å². The summed E-state index contributed by atoms with van der Waals surface area (Å²) in [5.41, 5.74) is 1.62. The van der Waals surface area contributed by atoms with E-state index in [0.717, 1.165) is 11.1 Å². The van der Waals surface area contributed by atoms with Crippen LogP contribution in [0.3, 0.4) is 0 Å². The Hall–Kier alpha value is -1.95. The van der Waals surface area contributed by atoms with Gasteiger partial charge in [-0.2, -0.15) is 0 Å². The third kappa shape index (κ3) is 3.08. The number of hydrogen-bond acceptors (Lipinski definition) is 5. The highest BCUT2D eigenvalue weighted by Gasteiger charge is 2.35. The molecular formula is C13H15NO5. The van der Waals surface area contributed by atoms with Gasteiger partial charge in [0.15, 0.2) is 0 Å². The fourth-order valence-electron chi connectivity index (χ4n) is 2.25. The maximum atomic E-state index is 11.5. The summed E-state index contributed by atoms with van der Waals surface area (Å²) in [6, 6.07) is 7.27. The van der Waals surface area contributed by atoms with Crippen molar-refractivity contribution in [3.63, 3.8) is 0 Å². The van der Waals surface area contributed by atoms with Crippen LogP contribution >= 0.6 is 0 Å². The molecule has 6 heteroatoms. The fourth-order valence-corrected chi connectivity index (χ4v) is 2.25. The Morgan fingerprint density at radius 3 is 2.58 bits per heavy atom. The largest absolute Gasteiger partial charge is 0.466 e. The molecule has 0 radical (unpaired) electrons. The van der Waals surface area contributed by atoms with Crippen LogP contribution in [0.1, 0.15) is 36.7 Å². The normalized spacial score (nSPS) is 20.9. The Kier molecular flexibility index (Phi) is 4.11. The summed E-state index contributed by atoms with van der Waals surface area (Å²) in [4.78, 5) is 21.7. The Labute approximate surface area is 110 Å². The van der Waals surface area contributed by atoms with Gasteiger partial charge in [0.2, 0.25) is 6.54 Å². The van der Waals surface area contributed by atoms with E-state index in [1.165, 1.54) is 0 Å². The van der Waals surface area contributed by atoms with Gasteiger partial charge in [-0.05, 0) is 18.1 Å². The minimum atomic E-state index is -0.592. The maximum Gasteiger partial charge on any atom is 0.308 e. The van der Waals surface area contributed by atoms with E-state index in [-0.39, 0.29) is 18.9 Å². The van der Waals surface area contributed by atoms with Crippen molar-refractivity contribution >= 4 is 5.97 Å². The van der Waals surface area contributed by atoms with Gasteiger partial charge in [0.05, 0.1) is 19.1 Å². The van der Waals surface area contributed by atoms with E-state index in [0.29, 0.717) is 6.61 Å². The van der Waals surface area contributed by atoms with Crippen molar-refractivity contribution in [3.8, 4) is 0 Å². The van der Waals surface area contributed by atoms with Crippen molar-refractivity contribution in [2.24, 2.45) is 0 Å². The molecule has 1 aliphatic rings. The molecule has 0 spiro atoms. The number of carbonyl (C=O) groups excluding carboxylic acids is 1. The molecule has 0 saturated heterocycles. The molecule has 2 atom stereocenters. The predicted octanol–water partition coefficient (Wildman–Crippen LogP) is 2.03. The van der Waals surface area contributed by atoms with E-state index in [1.807, 2.05) is 18.2 Å². The van der Waals surface area contributed by atoms with E-state index in [2.05, 4.69) is 0 Å². The molecule has 6 nitrogen and oxygen atoms in total. The lowest BCUT2D eigenvalue weighted by atomic mass is 10.0. The summed E-state index contributed by atoms with van der Waals surface area (Å²) in [6.45, 7) is 1.75. The summed E-state index contributed by atoms with van der Waals surface area (Å²) in [5, 5.41) is 10.6. The molecule has 0 aliphatic carbocycles. The Morgan fingerprint density at radius 1 is 1.37 bits per heavy atom. The zero-order chi connectivity index (χ0) is 13.8. The average molecular weight is 265 g/mol. The number of nitrogens with zero attached hydrogens (tertiary/aromatic N) is 1. The van der Waals surface area contributed by atoms with Gasteiger partial charge < -0.3 is 9.47 Å². The summed E-state index contributed by atoms with van der Waals surface area (Å²) in [5.74, 6) is -0.357. The van der Waals surface area contributed by atoms with Crippen molar-refractivity contribution in [2.75, 3.05) is 13.2 Å². The van der Waals surface area contributed by atoms with Gasteiger partial charge >= 0.3 is 5.97 Å². The quantitative estimate of drug-likeness (QED) is 0.462. The minimum Gasteiger partial charge on any atom is -0.466 e. The molecule has 0 fully saturated rings. The Morgan fingerprint density at radius 2 is 2.00 bits per heavy atom. The topological polar surface area (TPSA) is 78.7 Å². The number of benzene rings is 1. The highest BCUT2D eigenvalue weighted by atomic mass is 16.6. The smallest absolute Gasteiger partial charge is 0.308 e. The first-order valence-corrected chi connectivity index (χ1v) is 6.13. The van der Waals surface area contributed by atoms with Gasteiger partial charge in [0, 0.05) is 4.92 Å². The molecule has 0 bridgehead atoms. The Bertz CT molecular complexity index is 488. The first kappa shape index (κ1) is 13.5. The number of ether oxygens (including phenoxy) is 2. The number of esters is 1. The molecule has 1 aromatic carbocycles. The maximum absolute atomic E-state index is 11.5. The second-order valence-electron chi connectivity index (χ2n) is 4.27. The van der Waals surface area contributed by atoms with Crippen molar-refractivity contribution in [1.29, 1.82) is 0 Å². The zero-order valence-corrected chi connectivity index (χ0v) is 10.6. The second kappa shape index (κ2) is 5.79. The summed E-state index contributed by atoms with van der Waals surface area (Å²) in [7, 11) is 0. The van der Waals surface area contributed by atoms with Crippen LogP contribution in [0.15, 0.2) is 24.3 Å². The fraction of sp³-hybridized carbons (Fsp3) is 0.462. The van der Waals surface area contributed by atoms with Gasteiger partial charge in [-0.15, -0.1) is 0 Å². The molecule has 1 heterocycles. The molecular weight excluding hydrogens is 250 g/mol. The second-order valence-corrected chi connectivity index (χ2v) is 4.27.